The average Bonchev–Trinajstić information content (AvgIpc) is 2.49. The van der Waals surface area contributed by atoms with Crippen molar-refractivity contribution in [3.63, 3.8) is 0 Å². The molecule has 0 aromatic carbocycles. The van der Waals surface area contributed by atoms with Crippen LogP contribution in [0.25, 0.3) is 0 Å². The molecule has 2 fully saturated rings. The number of hydrogen-bond acceptors (Lipinski definition) is 3. The minimum Gasteiger partial charge on any atom is -0.393 e. The van der Waals surface area contributed by atoms with Crippen molar-refractivity contribution in [3.8, 4) is 0 Å². The van der Waals surface area contributed by atoms with Crippen LogP contribution in [0, 0.1) is 5.92 Å². The zero-order chi connectivity index (χ0) is 10.1. The van der Waals surface area contributed by atoms with Gasteiger partial charge >= 0.3 is 0 Å². The summed E-state index contributed by atoms with van der Waals surface area (Å²) in [6, 6.07) is 0.409. The molecular formula is C10H18N2O2. The number of aliphatic hydroxyl groups is 1. The van der Waals surface area contributed by atoms with Crippen LogP contribution in [-0.2, 0) is 4.79 Å². The first kappa shape index (κ1) is 9.93. The summed E-state index contributed by atoms with van der Waals surface area (Å²) in [5, 5.41) is 12.0. The molecule has 0 aromatic heterocycles. The van der Waals surface area contributed by atoms with Gasteiger partial charge in [0.15, 0.2) is 0 Å². The molecule has 4 heteroatoms. The number of nitrogens with one attached hydrogen (secondary N) is 1. The highest BCUT2D eigenvalue weighted by Gasteiger charge is 2.33. The largest absolute Gasteiger partial charge is 0.393 e. The monoisotopic (exact) mass is 198 g/mol. The highest BCUT2D eigenvalue weighted by Crippen LogP contribution is 2.26. The van der Waals surface area contributed by atoms with Crippen molar-refractivity contribution in [3.05, 3.63) is 0 Å². The van der Waals surface area contributed by atoms with Gasteiger partial charge in [-0.2, -0.15) is 0 Å². The number of carbonyl (C=O) groups is 1. The van der Waals surface area contributed by atoms with E-state index in [0.29, 0.717) is 12.8 Å². The summed E-state index contributed by atoms with van der Waals surface area (Å²) < 4.78 is 0. The van der Waals surface area contributed by atoms with E-state index in [1.165, 1.54) is 0 Å². The molecule has 0 heterocycles. The molecule has 2 rings (SSSR count). The van der Waals surface area contributed by atoms with E-state index < -0.39 is 0 Å². The van der Waals surface area contributed by atoms with Gasteiger partial charge in [0.2, 0.25) is 5.91 Å². The van der Waals surface area contributed by atoms with E-state index in [2.05, 4.69) is 5.32 Å². The second-order valence-corrected chi connectivity index (χ2v) is 4.60. The lowest BCUT2D eigenvalue weighted by molar-refractivity contribution is -0.126. The Morgan fingerprint density at radius 3 is 2.50 bits per heavy atom. The van der Waals surface area contributed by atoms with E-state index in [1.54, 1.807) is 0 Å². The molecule has 2 aliphatic rings. The van der Waals surface area contributed by atoms with Gasteiger partial charge in [0.25, 0.3) is 0 Å². The highest BCUT2D eigenvalue weighted by molar-refractivity contribution is 5.79. The summed E-state index contributed by atoms with van der Waals surface area (Å²) >= 11 is 0. The topological polar surface area (TPSA) is 75.4 Å². The molecule has 2 unspecified atom stereocenters. The Hall–Kier alpha value is -0.610. The molecule has 0 aliphatic heterocycles. The summed E-state index contributed by atoms with van der Waals surface area (Å²) in [7, 11) is 0. The summed E-state index contributed by atoms with van der Waals surface area (Å²) in [6.45, 7) is 0. The Morgan fingerprint density at radius 2 is 2.00 bits per heavy atom. The normalized spacial score (nSPS) is 41.9. The molecule has 0 aromatic rings. The van der Waals surface area contributed by atoms with E-state index in [4.69, 9.17) is 10.8 Å². The quantitative estimate of drug-likeness (QED) is 0.573. The first-order valence-electron chi connectivity index (χ1n) is 5.39. The van der Waals surface area contributed by atoms with Crippen molar-refractivity contribution in [2.45, 2.75) is 50.3 Å². The fourth-order valence-electron chi connectivity index (χ4n) is 2.28. The molecular weight excluding hydrogens is 180 g/mol. The molecule has 0 spiro atoms. The van der Waals surface area contributed by atoms with E-state index >= 15 is 0 Å². The van der Waals surface area contributed by atoms with Gasteiger partial charge in [-0.25, -0.2) is 0 Å². The highest BCUT2D eigenvalue weighted by atomic mass is 16.3. The molecule has 14 heavy (non-hydrogen) atoms. The summed E-state index contributed by atoms with van der Waals surface area (Å²) in [5.41, 5.74) is 5.74. The first-order chi connectivity index (χ1) is 6.65. The van der Waals surface area contributed by atoms with Crippen molar-refractivity contribution in [2.24, 2.45) is 11.7 Å². The molecule has 80 valence electrons. The Morgan fingerprint density at radius 1 is 1.29 bits per heavy atom. The number of rotatable bonds is 2. The van der Waals surface area contributed by atoms with Crippen LogP contribution in [0.5, 0.6) is 0 Å². The molecule has 4 N–H and O–H groups in total. The zero-order valence-electron chi connectivity index (χ0n) is 8.28. The number of aliphatic hydroxyl groups excluding tert-OH is 1. The van der Waals surface area contributed by atoms with Crippen molar-refractivity contribution >= 4 is 5.91 Å². The van der Waals surface area contributed by atoms with Gasteiger partial charge in [-0.1, -0.05) is 0 Å². The van der Waals surface area contributed by atoms with Gasteiger partial charge in [-0.15, -0.1) is 0 Å². The lowest BCUT2D eigenvalue weighted by atomic mass is 9.89. The number of nitrogens with two attached hydrogens (primary N) is 1. The van der Waals surface area contributed by atoms with Crippen LogP contribution in [0.4, 0.5) is 0 Å². The van der Waals surface area contributed by atoms with Crippen LogP contribution >= 0.6 is 0 Å². The summed E-state index contributed by atoms with van der Waals surface area (Å²) in [6.07, 6.45) is 3.93. The Bertz CT molecular complexity index is 226. The average molecular weight is 198 g/mol. The summed E-state index contributed by atoms with van der Waals surface area (Å²) in [4.78, 5) is 11.7. The van der Waals surface area contributed by atoms with Crippen LogP contribution in [0.1, 0.15) is 32.1 Å². The third-order valence-corrected chi connectivity index (χ3v) is 3.30. The Balaban J connectivity index is 1.73. The first-order valence-corrected chi connectivity index (χ1v) is 5.39. The van der Waals surface area contributed by atoms with E-state index in [1.807, 2.05) is 0 Å². The third kappa shape index (κ3) is 2.07. The molecule has 2 atom stereocenters. The van der Waals surface area contributed by atoms with Crippen molar-refractivity contribution in [1.82, 2.24) is 5.32 Å². The van der Waals surface area contributed by atoms with Gasteiger partial charge < -0.3 is 16.2 Å². The maximum Gasteiger partial charge on any atom is 0.223 e. The maximum absolute atomic E-state index is 11.7. The fourth-order valence-corrected chi connectivity index (χ4v) is 2.28. The molecule has 4 nitrogen and oxygen atoms in total. The SMILES string of the molecule is NC1CCC(C(=O)NC2CC(O)C2)C1. The molecule has 0 saturated heterocycles. The van der Waals surface area contributed by atoms with Gasteiger partial charge in [0, 0.05) is 18.0 Å². The predicted molar refractivity (Wildman–Crippen MR) is 52.5 cm³/mol. The molecule has 2 saturated carbocycles. The van der Waals surface area contributed by atoms with E-state index in [9.17, 15) is 4.79 Å². The van der Waals surface area contributed by atoms with Crippen LogP contribution < -0.4 is 11.1 Å². The van der Waals surface area contributed by atoms with Gasteiger partial charge in [0.05, 0.1) is 6.10 Å². The summed E-state index contributed by atoms with van der Waals surface area (Å²) in [5.74, 6) is 0.248. The van der Waals surface area contributed by atoms with E-state index in [0.717, 1.165) is 19.3 Å². The molecule has 0 bridgehead atoms. The number of hydrogen-bond donors (Lipinski definition) is 3. The van der Waals surface area contributed by atoms with Crippen molar-refractivity contribution < 1.29 is 9.90 Å². The lowest BCUT2D eigenvalue weighted by Gasteiger charge is -2.32. The maximum atomic E-state index is 11.7. The second kappa shape index (κ2) is 3.87. The van der Waals surface area contributed by atoms with Crippen LogP contribution in [0.3, 0.4) is 0 Å². The Kier molecular flexibility index (Phi) is 2.74. The van der Waals surface area contributed by atoms with Gasteiger partial charge in [-0.3, -0.25) is 4.79 Å². The smallest absolute Gasteiger partial charge is 0.223 e. The van der Waals surface area contributed by atoms with Crippen LogP contribution in [0.15, 0.2) is 0 Å². The van der Waals surface area contributed by atoms with Crippen LogP contribution in [0.2, 0.25) is 0 Å². The molecule has 1 amide bonds. The van der Waals surface area contributed by atoms with Crippen molar-refractivity contribution in [1.29, 1.82) is 0 Å². The second-order valence-electron chi connectivity index (χ2n) is 4.60. The van der Waals surface area contributed by atoms with Crippen LogP contribution in [-0.4, -0.2) is 29.2 Å². The van der Waals surface area contributed by atoms with E-state index in [-0.39, 0.29) is 30.0 Å². The van der Waals surface area contributed by atoms with Gasteiger partial charge in [-0.05, 0) is 32.1 Å². The van der Waals surface area contributed by atoms with Gasteiger partial charge in [0.1, 0.15) is 0 Å². The Labute approximate surface area is 83.9 Å². The lowest BCUT2D eigenvalue weighted by Crippen LogP contribution is -2.48. The molecule has 0 radical (unpaired) electrons. The number of amides is 1. The third-order valence-electron chi connectivity index (χ3n) is 3.30. The zero-order valence-corrected chi connectivity index (χ0v) is 8.28. The number of carbonyl (C=O) groups excluding carboxylic acids is 1. The minimum atomic E-state index is -0.203. The fraction of sp³-hybridized carbons (Fsp3) is 0.900. The molecule has 2 aliphatic carbocycles. The minimum absolute atomic E-state index is 0.114. The standard InChI is InChI=1S/C10H18N2O2/c11-7-2-1-6(3-7)10(14)12-8-4-9(13)5-8/h6-9,13H,1-5,11H2,(H,12,14). The predicted octanol–water partition coefficient (Wildman–Crippen LogP) is -0.247. The van der Waals surface area contributed by atoms with Crippen molar-refractivity contribution in [2.75, 3.05) is 0 Å².